The first-order valence-corrected chi connectivity index (χ1v) is 4.52. The van der Waals surface area contributed by atoms with Gasteiger partial charge in [0.25, 0.3) is 0 Å². The zero-order valence-corrected chi connectivity index (χ0v) is 9.36. The Balaban J connectivity index is -0.000000175. The third-order valence-corrected chi connectivity index (χ3v) is 1.14. The normalized spacial score (nSPS) is 9.17. The molecule has 1 heteroatoms. The second-order valence-corrected chi connectivity index (χ2v) is 1.71. The van der Waals surface area contributed by atoms with E-state index in [1.165, 1.54) is 6.21 Å². The van der Waals surface area contributed by atoms with Crippen LogP contribution in [0.3, 0.4) is 0 Å². The fourth-order valence-corrected chi connectivity index (χ4v) is 0.275. The predicted octanol–water partition coefficient (Wildman–Crippen LogP) is 4.21. The molecule has 0 aliphatic heterocycles. The summed E-state index contributed by atoms with van der Waals surface area (Å²) < 4.78 is 0. The highest BCUT2D eigenvalue weighted by Crippen LogP contribution is 1.99. The number of nitrogens with one attached hydrogen (secondary N) is 1. The van der Waals surface area contributed by atoms with Gasteiger partial charge in [0.1, 0.15) is 0 Å². The van der Waals surface area contributed by atoms with Gasteiger partial charge in [-0.15, -0.1) is 0 Å². The Morgan fingerprint density at radius 2 is 1.33 bits per heavy atom. The zero-order valence-electron chi connectivity index (χ0n) is 9.36. The monoisotopic (exact) mass is 169 g/mol. The van der Waals surface area contributed by atoms with E-state index in [4.69, 9.17) is 5.41 Å². The van der Waals surface area contributed by atoms with Gasteiger partial charge in [0.15, 0.2) is 0 Å². The third-order valence-electron chi connectivity index (χ3n) is 1.14. The highest BCUT2D eigenvalue weighted by atomic mass is 14.3. The van der Waals surface area contributed by atoms with Gasteiger partial charge in [0.2, 0.25) is 0 Å². The van der Waals surface area contributed by atoms with E-state index in [2.05, 4.69) is 6.58 Å². The van der Waals surface area contributed by atoms with E-state index in [0.29, 0.717) is 0 Å². The molecule has 12 heavy (non-hydrogen) atoms. The molecular formula is C11H23N. The van der Waals surface area contributed by atoms with E-state index in [9.17, 15) is 0 Å². The van der Waals surface area contributed by atoms with Crippen molar-refractivity contribution in [1.29, 1.82) is 5.41 Å². The van der Waals surface area contributed by atoms with E-state index >= 15 is 0 Å². The van der Waals surface area contributed by atoms with Crippen LogP contribution in [0.25, 0.3) is 0 Å². The molecule has 0 aromatic rings. The van der Waals surface area contributed by atoms with Crippen LogP contribution in [-0.2, 0) is 0 Å². The molecule has 0 amide bonds. The molecule has 0 spiro atoms. The lowest BCUT2D eigenvalue weighted by Gasteiger charge is -1.91. The van der Waals surface area contributed by atoms with E-state index < -0.39 is 0 Å². The molecule has 0 saturated carbocycles. The Kier molecular flexibility index (Phi) is 24.0. The summed E-state index contributed by atoms with van der Waals surface area (Å²) in [7, 11) is 0. The first kappa shape index (κ1) is 17.3. The molecule has 72 valence electrons. The Morgan fingerprint density at radius 3 is 1.42 bits per heavy atom. The van der Waals surface area contributed by atoms with Gasteiger partial charge >= 0.3 is 0 Å². The summed E-state index contributed by atoms with van der Waals surface area (Å²) in [5, 5.41) is 6.81. The van der Waals surface area contributed by atoms with E-state index in [1.54, 1.807) is 6.08 Å². The van der Waals surface area contributed by atoms with E-state index in [1.807, 2.05) is 41.5 Å². The highest BCUT2D eigenvalue weighted by molar-refractivity contribution is 5.76. The molecule has 0 aliphatic rings. The molecule has 0 rings (SSSR count). The van der Waals surface area contributed by atoms with Crippen molar-refractivity contribution in [2.75, 3.05) is 0 Å². The van der Waals surface area contributed by atoms with Crippen LogP contribution in [0, 0.1) is 5.41 Å². The summed E-state index contributed by atoms with van der Waals surface area (Å²) >= 11 is 0. The van der Waals surface area contributed by atoms with Crippen molar-refractivity contribution in [3.05, 3.63) is 23.8 Å². The molecule has 0 unspecified atom stereocenters. The predicted molar refractivity (Wildman–Crippen MR) is 60.1 cm³/mol. The molecule has 0 atom stereocenters. The van der Waals surface area contributed by atoms with Gasteiger partial charge in [-0.05, 0) is 25.0 Å². The highest BCUT2D eigenvalue weighted by Gasteiger charge is 1.83. The Morgan fingerprint density at radius 1 is 1.00 bits per heavy atom. The lowest BCUT2D eigenvalue weighted by atomic mass is 10.2. The van der Waals surface area contributed by atoms with Crippen molar-refractivity contribution in [2.24, 2.45) is 0 Å². The maximum Gasteiger partial charge on any atom is 0.0209 e. The maximum absolute atomic E-state index is 6.81. The van der Waals surface area contributed by atoms with Crippen molar-refractivity contribution >= 4 is 6.21 Å². The summed E-state index contributed by atoms with van der Waals surface area (Å²) in [5.41, 5.74) is 2.04. The van der Waals surface area contributed by atoms with Crippen LogP contribution in [0.15, 0.2) is 23.8 Å². The Labute approximate surface area is 77.7 Å². The number of hydrogen-bond acceptors (Lipinski definition) is 1. The smallest absolute Gasteiger partial charge is 0.0209 e. The van der Waals surface area contributed by atoms with Gasteiger partial charge < -0.3 is 5.41 Å². The van der Waals surface area contributed by atoms with Crippen molar-refractivity contribution < 1.29 is 0 Å². The number of hydrogen-bond donors (Lipinski definition) is 1. The molecule has 0 aromatic heterocycles. The van der Waals surface area contributed by atoms with Crippen LogP contribution in [0.5, 0.6) is 0 Å². The lowest BCUT2D eigenvalue weighted by Crippen LogP contribution is -1.78. The molecule has 0 radical (unpaired) electrons. The van der Waals surface area contributed by atoms with Crippen LogP contribution in [0.1, 0.15) is 41.5 Å². The molecule has 0 aliphatic carbocycles. The van der Waals surface area contributed by atoms with E-state index in [-0.39, 0.29) is 0 Å². The first-order chi connectivity index (χ1) is 5.72. The van der Waals surface area contributed by atoms with Gasteiger partial charge in [-0.3, -0.25) is 0 Å². The topological polar surface area (TPSA) is 23.9 Å². The summed E-state index contributed by atoms with van der Waals surface area (Å²) in [4.78, 5) is 0. The summed E-state index contributed by atoms with van der Waals surface area (Å²) in [6.45, 7) is 15.4. The minimum atomic E-state index is 0.972. The Hall–Kier alpha value is -0.850. The van der Waals surface area contributed by atoms with Crippen LogP contribution >= 0.6 is 0 Å². The molecule has 0 heterocycles. The van der Waals surface area contributed by atoms with Gasteiger partial charge in [0.05, 0.1) is 0 Å². The second kappa shape index (κ2) is 16.6. The lowest BCUT2D eigenvalue weighted by molar-refractivity contribution is 1.40. The summed E-state index contributed by atoms with van der Waals surface area (Å²) in [5.74, 6) is 0. The van der Waals surface area contributed by atoms with Crippen molar-refractivity contribution in [2.45, 2.75) is 41.5 Å². The maximum atomic E-state index is 6.81. The number of allylic oxidation sites excluding steroid dienone is 3. The molecule has 0 fully saturated rings. The SMILES string of the molecule is C=C/C(C)=C(/C)C=N.CC.CC. The summed E-state index contributed by atoms with van der Waals surface area (Å²) in [6, 6.07) is 0. The molecule has 0 aromatic carbocycles. The second-order valence-electron chi connectivity index (χ2n) is 1.71. The van der Waals surface area contributed by atoms with Crippen molar-refractivity contribution in [3.8, 4) is 0 Å². The summed E-state index contributed by atoms with van der Waals surface area (Å²) in [6.07, 6.45) is 3.08. The average Bonchev–Trinajstić information content (AvgIpc) is 2.21. The number of rotatable bonds is 2. The van der Waals surface area contributed by atoms with Crippen LogP contribution in [0.4, 0.5) is 0 Å². The molecule has 1 nitrogen and oxygen atoms in total. The standard InChI is InChI=1S/C7H11N.2C2H6/c1-4-6(2)7(3)5-8;2*1-2/h4-5,8H,1H2,2-3H3;2*1-2H3/b7-6-,8-5?;;. The van der Waals surface area contributed by atoms with Crippen LogP contribution in [-0.4, -0.2) is 6.21 Å². The largest absolute Gasteiger partial charge is 0.308 e. The van der Waals surface area contributed by atoms with Gasteiger partial charge in [0, 0.05) is 6.21 Å². The van der Waals surface area contributed by atoms with Gasteiger partial charge in [-0.2, -0.15) is 0 Å². The minimum absolute atomic E-state index is 0.972. The molecule has 0 saturated heterocycles. The van der Waals surface area contributed by atoms with Crippen molar-refractivity contribution in [1.82, 2.24) is 0 Å². The van der Waals surface area contributed by atoms with Gasteiger partial charge in [-0.1, -0.05) is 40.3 Å². The molecule has 1 N–H and O–H groups in total. The minimum Gasteiger partial charge on any atom is -0.308 e. The zero-order chi connectivity index (χ0) is 10.6. The first-order valence-electron chi connectivity index (χ1n) is 4.52. The fraction of sp³-hybridized carbons (Fsp3) is 0.545. The quantitative estimate of drug-likeness (QED) is 0.473. The fourth-order valence-electron chi connectivity index (χ4n) is 0.275. The average molecular weight is 169 g/mol. The third kappa shape index (κ3) is 11.9. The van der Waals surface area contributed by atoms with Crippen LogP contribution in [0.2, 0.25) is 0 Å². The van der Waals surface area contributed by atoms with Gasteiger partial charge in [-0.25, -0.2) is 0 Å². The molecular weight excluding hydrogens is 146 g/mol. The van der Waals surface area contributed by atoms with E-state index in [0.717, 1.165) is 11.1 Å². The molecule has 0 bridgehead atoms. The van der Waals surface area contributed by atoms with Crippen LogP contribution < -0.4 is 0 Å². The Bertz CT molecular complexity index is 116. The van der Waals surface area contributed by atoms with Crippen molar-refractivity contribution in [3.63, 3.8) is 0 Å².